The minimum Gasteiger partial charge on any atom is -0.445 e. The van der Waals surface area contributed by atoms with Gasteiger partial charge in [-0.2, -0.15) is 0 Å². The van der Waals surface area contributed by atoms with Crippen molar-refractivity contribution in [2.45, 2.75) is 38.0 Å². The number of alkyl carbamates (subject to hydrolysis) is 1. The lowest BCUT2D eigenvalue weighted by Crippen LogP contribution is -2.76. The number of rotatable bonds is 12. The molecule has 0 aromatic heterocycles. The molecule has 2 saturated heterocycles. The first-order chi connectivity index (χ1) is 18.8. The van der Waals surface area contributed by atoms with Crippen LogP contribution in [0.5, 0.6) is 0 Å². The summed E-state index contributed by atoms with van der Waals surface area (Å²) >= 11 is 0. The van der Waals surface area contributed by atoms with Crippen molar-refractivity contribution >= 4 is 23.9 Å². The largest absolute Gasteiger partial charge is 0.445 e. The van der Waals surface area contributed by atoms with Crippen LogP contribution in [0.3, 0.4) is 0 Å². The van der Waals surface area contributed by atoms with Gasteiger partial charge in [-0.3, -0.25) is 9.59 Å². The van der Waals surface area contributed by atoms with Crippen LogP contribution in [0, 0.1) is 5.82 Å². The predicted molar refractivity (Wildman–Crippen MR) is 139 cm³/mol. The number of hydrazine groups is 1. The zero-order chi connectivity index (χ0) is 28.4. The SMILES string of the molecule is C=CCOC(=O)NCCC[C@H]1C(=O)N(CCCOC)C[C@H]2N1C(=O)CN(C)N2C(=O)NCc1ccc(F)cc1. The van der Waals surface area contributed by atoms with Crippen molar-refractivity contribution in [3.05, 3.63) is 48.3 Å². The molecule has 1 aromatic carbocycles. The van der Waals surface area contributed by atoms with Crippen LogP contribution >= 0.6 is 0 Å². The van der Waals surface area contributed by atoms with Crippen molar-refractivity contribution in [1.29, 1.82) is 0 Å². The highest BCUT2D eigenvalue weighted by molar-refractivity contribution is 5.91. The van der Waals surface area contributed by atoms with Crippen molar-refractivity contribution < 1.29 is 33.0 Å². The maximum Gasteiger partial charge on any atom is 0.407 e. The fraction of sp³-hybridized carbons (Fsp3) is 0.538. The molecule has 5 amide bonds. The molecule has 2 aliphatic rings. The zero-order valence-corrected chi connectivity index (χ0v) is 22.4. The Morgan fingerprint density at radius 1 is 1.18 bits per heavy atom. The molecule has 214 valence electrons. The van der Waals surface area contributed by atoms with Gasteiger partial charge in [0.15, 0.2) is 0 Å². The second-order valence-corrected chi connectivity index (χ2v) is 9.33. The summed E-state index contributed by atoms with van der Waals surface area (Å²) in [5.41, 5.74) is 0.717. The molecule has 1 aromatic rings. The van der Waals surface area contributed by atoms with Gasteiger partial charge in [-0.15, -0.1) is 0 Å². The van der Waals surface area contributed by atoms with Crippen LogP contribution < -0.4 is 10.6 Å². The van der Waals surface area contributed by atoms with Gasteiger partial charge in [-0.25, -0.2) is 24.0 Å². The van der Waals surface area contributed by atoms with Gasteiger partial charge in [-0.05, 0) is 37.0 Å². The monoisotopic (exact) mass is 548 g/mol. The minimum atomic E-state index is -0.800. The number of piperazine rings is 1. The summed E-state index contributed by atoms with van der Waals surface area (Å²) in [6.07, 6.45) is 1.44. The Morgan fingerprint density at radius 3 is 2.62 bits per heavy atom. The molecule has 12 nitrogen and oxygen atoms in total. The molecule has 0 radical (unpaired) electrons. The maximum absolute atomic E-state index is 13.5. The number of hydrogen-bond acceptors (Lipinski definition) is 7. The van der Waals surface area contributed by atoms with Gasteiger partial charge >= 0.3 is 12.1 Å². The van der Waals surface area contributed by atoms with E-state index in [2.05, 4.69) is 17.2 Å². The number of halogens is 1. The number of benzene rings is 1. The molecular weight excluding hydrogens is 511 g/mol. The lowest BCUT2D eigenvalue weighted by atomic mass is 10.0. The molecule has 2 atom stereocenters. The molecule has 2 aliphatic heterocycles. The van der Waals surface area contributed by atoms with Gasteiger partial charge in [0.1, 0.15) is 24.6 Å². The highest BCUT2D eigenvalue weighted by Gasteiger charge is 2.50. The number of amides is 5. The molecule has 2 N–H and O–H groups in total. The van der Waals surface area contributed by atoms with E-state index in [4.69, 9.17) is 9.47 Å². The molecule has 2 heterocycles. The molecule has 13 heteroatoms. The Bertz CT molecular complexity index is 1020. The molecular formula is C26H37FN6O6. The van der Waals surface area contributed by atoms with Crippen LogP contribution in [0.1, 0.15) is 24.8 Å². The first-order valence-electron chi connectivity index (χ1n) is 12.9. The topological polar surface area (TPSA) is 124 Å². The summed E-state index contributed by atoms with van der Waals surface area (Å²) in [5, 5.41) is 8.45. The lowest BCUT2D eigenvalue weighted by molar-refractivity contribution is -0.187. The summed E-state index contributed by atoms with van der Waals surface area (Å²) in [6, 6.07) is 4.56. The van der Waals surface area contributed by atoms with Crippen molar-refractivity contribution in [3.63, 3.8) is 0 Å². The summed E-state index contributed by atoms with van der Waals surface area (Å²) in [5.74, 6) is -0.843. The van der Waals surface area contributed by atoms with Crippen LogP contribution in [0.15, 0.2) is 36.9 Å². The maximum atomic E-state index is 13.5. The van der Waals surface area contributed by atoms with Crippen molar-refractivity contribution in [2.24, 2.45) is 0 Å². The Hall–Kier alpha value is -3.71. The average molecular weight is 549 g/mol. The number of urea groups is 1. The molecule has 0 unspecified atom stereocenters. The number of ether oxygens (including phenoxy) is 2. The van der Waals surface area contributed by atoms with Crippen LogP contribution in [-0.4, -0.2) is 110 Å². The Morgan fingerprint density at radius 2 is 1.92 bits per heavy atom. The van der Waals surface area contributed by atoms with E-state index in [9.17, 15) is 23.6 Å². The normalized spacial score (nSPS) is 19.5. The average Bonchev–Trinajstić information content (AvgIpc) is 2.91. The van der Waals surface area contributed by atoms with Crippen molar-refractivity contribution in [2.75, 3.05) is 53.6 Å². The smallest absolute Gasteiger partial charge is 0.407 e. The van der Waals surface area contributed by atoms with Crippen molar-refractivity contribution in [1.82, 2.24) is 30.5 Å². The van der Waals surface area contributed by atoms with Gasteiger partial charge in [0.2, 0.25) is 11.8 Å². The van der Waals surface area contributed by atoms with E-state index in [1.165, 1.54) is 28.1 Å². The van der Waals surface area contributed by atoms with E-state index in [0.717, 1.165) is 0 Å². The standard InChI is InChI=1S/C26H37FN6O6/c1-4-14-39-26(37)28-12-5-7-21-24(35)31(13-6-15-38-3)17-22-32(21)23(34)18-30(2)33(22)25(36)29-16-19-8-10-20(27)11-9-19/h4,8-11,21-22H,1,5-7,12-18H2,2-3H3,(H,28,37)(H,29,36)/t21-,22-/m0/s1. The summed E-state index contributed by atoms with van der Waals surface area (Å²) < 4.78 is 23.3. The summed E-state index contributed by atoms with van der Waals surface area (Å²) in [4.78, 5) is 54.9. The quantitative estimate of drug-likeness (QED) is 0.298. The third kappa shape index (κ3) is 7.90. The van der Waals surface area contributed by atoms with Crippen molar-refractivity contribution in [3.8, 4) is 0 Å². The van der Waals surface area contributed by atoms with Gasteiger partial charge in [0, 0.05) is 40.4 Å². The molecule has 0 saturated carbocycles. The minimum absolute atomic E-state index is 0.0832. The number of carbonyl (C=O) groups excluding carboxylic acids is 4. The molecule has 0 spiro atoms. The van der Waals surface area contributed by atoms with E-state index in [0.29, 0.717) is 38.0 Å². The van der Waals surface area contributed by atoms with E-state index >= 15 is 0 Å². The van der Waals surface area contributed by atoms with Crippen LogP contribution in [-0.2, 0) is 25.6 Å². The van der Waals surface area contributed by atoms with Gasteiger partial charge in [0.05, 0.1) is 13.1 Å². The number of hydrogen-bond donors (Lipinski definition) is 2. The number of likely N-dealkylation sites (N-methyl/N-ethyl adjacent to an activating group) is 1. The number of carbonyl (C=O) groups is 4. The molecule has 0 aliphatic carbocycles. The highest BCUT2D eigenvalue weighted by Crippen LogP contribution is 2.28. The first-order valence-corrected chi connectivity index (χ1v) is 12.9. The third-order valence-corrected chi connectivity index (χ3v) is 6.54. The predicted octanol–water partition coefficient (Wildman–Crippen LogP) is 1.29. The third-order valence-electron chi connectivity index (χ3n) is 6.54. The molecule has 0 bridgehead atoms. The number of nitrogens with one attached hydrogen (secondary N) is 2. The van der Waals surface area contributed by atoms with Crippen LogP contribution in [0.4, 0.5) is 14.0 Å². The molecule has 2 fully saturated rings. The summed E-state index contributed by atoms with van der Waals surface area (Å²) in [7, 11) is 3.23. The van der Waals surface area contributed by atoms with E-state index in [1.807, 2.05) is 0 Å². The number of nitrogens with zero attached hydrogens (tertiary/aromatic N) is 4. The fourth-order valence-electron chi connectivity index (χ4n) is 4.72. The zero-order valence-electron chi connectivity index (χ0n) is 22.4. The Kier molecular flexibility index (Phi) is 11.1. The van der Waals surface area contributed by atoms with E-state index in [1.54, 1.807) is 36.2 Å². The number of fused-ring (bicyclic) bond motifs is 1. The van der Waals surface area contributed by atoms with Gasteiger partial charge in [-0.1, -0.05) is 24.8 Å². The second kappa shape index (κ2) is 14.4. The second-order valence-electron chi connectivity index (χ2n) is 9.33. The van der Waals surface area contributed by atoms with Gasteiger partial charge in [0.25, 0.3) is 0 Å². The lowest BCUT2D eigenvalue weighted by Gasteiger charge is -2.54. The fourth-order valence-corrected chi connectivity index (χ4v) is 4.72. The highest BCUT2D eigenvalue weighted by atomic mass is 19.1. The van der Waals surface area contributed by atoms with Gasteiger partial charge < -0.3 is 29.9 Å². The van der Waals surface area contributed by atoms with Crippen LogP contribution in [0.2, 0.25) is 0 Å². The Balaban J connectivity index is 1.75. The first kappa shape index (κ1) is 29.8. The van der Waals surface area contributed by atoms with Crippen LogP contribution in [0.25, 0.3) is 0 Å². The van der Waals surface area contributed by atoms with E-state index in [-0.39, 0.29) is 50.4 Å². The number of methoxy groups -OCH3 is 1. The van der Waals surface area contributed by atoms with E-state index < -0.39 is 24.3 Å². The molecule has 3 rings (SSSR count). The summed E-state index contributed by atoms with van der Waals surface area (Å²) in [6.45, 7) is 4.91. The molecule has 39 heavy (non-hydrogen) atoms. The Labute approximate surface area is 227 Å².